The maximum atomic E-state index is 11.4. The lowest BCUT2D eigenvalue weighted by Crippen LogP contribution is -2.22. The second-order valence-corrected chi connectivity index (χ2v) is 3.06. The van der Waals surface area contributed by atoms with Crippen molar-refractivity contribution in [2.24, 2.45) is 5.73 Å². The van der Waals surface area contributed by atoms with Gasteiger partial charge in [-0.2, -0.15) is 5.10 Å². The maximum Gasteiger partial charge on any atom is 0.269 e. The highest BCUT2D eigenvalue weighted by Crippen LogP contribution is 2.07. The van der Waals surface area contributed by atoms with Crippen LogP contribution in [0.25, 0.3) is 0 Å². The van der Waals surface area contributed by atoms with E-state index in [2.05, 4.69) is 10.4 Å². The summed E-state index contributed by atoms with van der Waals surface area (Å²) in [6, 6.07) is 1.75. The summed E-state index contributed by atoms with van der Waals surface area (Å²) in [5.74, 6) is -0.0512. The second-order valence-electron chi connectivity index (χ2n) is 3.06. The predicted octanol–water partition coefficient (Wildman–Crippen LogP) is -0.525. The fraction of sp³-hybridized carbons (Fsp3) is 0.500. The zero-order valence-corrected chi connectivity index (χ0v) is 7.29. The third kappa shape index (κ3) is 1.42. The van der Waals surface area contributed by atoms with Gasteiger partial charge in [-0.15, -0.1) is 0 Å². The van der Waals surface area contributed by atoms with E-state index in [-0.39, 0.29) is 5.91 Å². The number of aromatic nitrogens is 2. The molecule has 1 aliphatic rings. The van der Waals surface area contributed by atoms with Crippen LogP contribution in [0, 0.1) is 0 Å². The van der Waals surface area contributed by atoms with Gasteiger partial charge in [0.25, 0.3) is 5.91 Å². The Balaban J connectivity index is 2.39. The van der Waals surface area contributed by atoms with Gasteiger partial charge in [-0.25, -0.2) is 0 Å². The van der Waals surface area contributed by atoms with Gasteiger partial charge < -0.3 is 11.1 Å². The lowest BCUT2D eigenvalue weighted by Gasteiger charge is -1.97. The van der Waals surface area contributed by atoms with Crippen molar-refractivity contribution in [1.82, 2.24) is 15.1 Å². The standard InChI is InChI=1S/C8H12N4O/c9-5-6-4-7-8(13)10-2-1-3-12(7)11-6/h4H,1-3,5,9H2,(H,10,13). The summed E-state index contributed by atoms with van der Waals surface area (Å²) >= 11 is 0. The van der Waals surface area contributed by atoms with E-state index < -0.39 is 0 Å². The first kappa shape index (κ1) is 8.25. The van der Waals surface area contributed by atoms with Gasteiger partial charge in [0.15, 0.2) is 0 Å². The number of carbonyl (C=O) groups is 1. The number of hydrogen-bond donors (Lipinski definition) is 2. The van der Waals surface area contributed by atoms with Crippen LogP contribution < -0.4 is 11.1 Å². The molecule has 3 N–H and O–H groups in total. The predicted molar refractivity (Wildman–Crippen MR) is 47.1 cm³/mol. The van der Waals surface area contributed by atoms with Gasteiger partial charge >= 0.3 is 0 Å². The molecular weight excluding hydrogens is 168 g/mol. The number of hydrogen-bond acceptors (Lipinski definition) is 3. The first-order chi connectivity index (χ1) is 6.31. The fourth-order valence-corrected chi connectivity index (χ4v) is 1.44. The summed E-state index contributed by atoms with van der Waals surface area (Å²) in [6.07, 6.45) is 0.921. The van der Waals surface area contributed by atoms with Crippen LogP contribution in [0.3, 0.4) is 0 Å². The Morgan fingerprint density at radius 2 is 2.54 bits per heavy atom. The number of amides is 1. The first-order valence-corrected chi connectivity index (χ1v) is 4.36. The van der Waals surface area contributed by atoms with Crippen molar-refractivity contribution in [2.45, 2.75) is 19.5 Å². The highest BCUT2D eigenvalue weighted by Gasteiger charge is 2.16. The normalized spacial score (nSPS) is 16.2. The molecule has 5 heteroatoms. The molecule has 0 saturated heterocycles. The number of fused-ring (bicyclic) bond motifs is 1. The molecule has 1 amide bonds. The molecule has 0 aliphatic carbocycles. The summed E-state index contributed by atoms with van der Waals surface area (Å²) < 4.78 is 1.73. The number of nitrogens with zero attached hydrogens (tertiary/aromatic N) is 2. The Morgan fingerprint density at radius 1 is 1.69 bits per heavy atom. The highest BCUT2D eigenvalue weighted by molar-refractivity contribution is 5.92. The molecule has 1 aliphatic heterocycles. The molecule has 0 unspecified atom stereocenters. The topological polar surface area (TPSA) is 72.9 Å². The van der Waals surface area contributed by atoms with E-state index >= 15 is 0 Å². The van der Waals surface area contributed by atoms with E-state index in [0.29, 0.717) is 12.2 Å². The molecule has 1 aromatic rings. The minimum atomic E-state index is -0.0512. The molecule has 5 nitrogen and oxygen atoms in total. The van der Waals surface area contributed by atoms with Crippen LogP contribution in [0.1, 0.15) is 22.6 Å². The Labute approximate surface area is 75.9 Å². The van der Waals surface area contributed by atoms with Gasteiger partial charge in [0.05, 0.1) is 5.69 Å². The van der Waals surface area contributed by atoms with Crippen LogP contribution in [0.15, 0.2) is 6.07 Å². The number of rotatable bonds is 1. The van der Waals surface area contributed by atoms with Gasteiger partial charge in [0.1, 0.15) is 5.69 Å². The number of nitrogens with one attached hydrogen (secondary N) is 1. The molecule has 0 radical (unpaired) electrons. The van der Waals surface area contributed by atoms with Crippen molar-refractivity contribution < 1.29 is 4.79 Å². The summed E-state index contributed by atoms with van der Waals surface area (Å²) in [6.45, 7) is 1.89. The van der Waals surface area contributed by atoms with Crippen LogP contribution >= 0.6 is 0 Å². The van der Waals surface area contributed by atoms with E-state index in [1.165, 1.54) is 0 Å². The van der Waals surface area contributed by atoms with Crippen molar-refractivity contribution in [1.29, 1.82) is 0 Å². The summed E-state index contributed by atoms with van der Waals surface area (Å²) in [5, 5.41) is 7.01. The van der Waals surface area contributed by atoms with Crippen molar-refractivity contribution in [2.75, 3.05) is 6.54 Å². The average Bonchev–Trinajstić information content (AvgIpc) is 2.48. The van der Waals surface area contributed by atoms with Crippen molar-refractivity contribution in [3.8, 4) is 0 Å². The van der Waals surface area contributed by atoms with Gasteiger partial charge in [-0.1, -0.05) is 0 Å². The van der Waals surface area contributed by atoms with Crippen LogP contribution in [-0.2, 0) is 13.1 Å². The summed E-state index contributed by atoms with van der Waals surface area (Å²) in [7, 11) is 0. The lowest BCUT2D eigenvalue weighted by atomic mass is 10.3. The van der Waals surface area contributed by atoms with Gasteiger partial charge in [0.2, 0.25) is 0 Å². The van der Waals surface area contributed by atoms with E-state index in [1.807, 2.05) is 0 Å². The van der Waals surface area contributed by atoms with E-state index in [9.17, 15) is 4.79 Å². The Kier molecular flexibility index (Phi) is 2.02. The van der Waals surface area contributed by atoms with Crippen LogP contribution in [-0.4, -0.2) is 22.2 Å². The maximum absolute atomic E-state index is 11.4. The lowest BCUT2D eigenvalue weighted by molar-refractivity contribution is 0.0950. The largest absolute Gasteiger partial charge is 0.351 e. The van der Waals surface area contributed by atoms with Gasteiger partial charge in [-0.05, 0) is 12.5 Å². The molecule has 2 heterocycles. The molecule has 0 saturated carbocycles. The first-order valence-electron chi connectivity index (χ1n) is 4.36. The van der Waals surface area contributed by atoms with Crippen LogP contribution in [0.4, 0.5) is 0 Å². The van der Waals surface area contributed by atoms with Gasteiger partial charge in [-0.3, -0.25) is 9.48 Å². The monoisotopic (exact) mass is 180 g/mol. The van der Waals surface area contributed by atoms with E-state index in [1.54, 1.807) is 10.7 Å². The van der Waals surface area contributed by atoms with Gasteiger partial charge in [0, 0.05) is 19.6 Å². The quantitative estimate of drug-likeness (QED) is 0.610. The summed E-state index contributed by atoms with van der Waals surface area (Å²) in [5.41, 5.74) is 6.83. The zero-order valence-electron chi connectivity index (χ0n) is 7.29. The molecule has 0 spiro atoms. The van der Waals surface area contributed by atoms with Crippen molar-refractivity contribution >= 4 is 5.91 Å². The molecule has 0 aromatic carbocycles. The van der Waals surface area contributed by atoms with Crippen LogP contribution in [0.5, 0.6) is 0 Å². The SMILES string of the molecule is NCc1cc2n(n1)CCCNC2=O. The summed E-state index contributed by atoms with van der Waals surface area (Å²) in [4.78, 5) is 11.4. The minimum Gasteiger partial charge on any atom is -0.351 e. The van der Waals surface area contributed by atoms with E-state index in [4.69, 9.17) is 5.73 Å². The van der Waals surface area contributed by atoms with Crippen LogP contribution in [0.2, 0.25) is 0 Å². The number of nitrogens with two attached hydrogens (primary N) is 1. The second kappa shape index (κ2) is 3.18. The average molecular weight is 180 g/mol. The molecule has 0 fully saturated rings. The smallest absolute Gasteiger partial charge is 0.269 e. The third-order valence-electron chi connectivity index (χ3n) is 2.10. The Morgan fingerprint density at radius 3 is 3.31 bits per heavy atom. The van der Waals surface area contributed by atoms with Crippen molar-refractivity contribution in [3.05, 3.63) is 17.5 Å². The molecule has 2 rings (SSSR count). The molecule has 70 valence electrons. The number of carbonyl (C=O) groups excluding carboxylic acids is 1. The Hall–Kier alpha value is -1.36. The third-order valence-corrected chi connectivity index (χ3v) is 2.10. The molecule has 1 aromatic heterocycles. The molecular formula is C8H12N4O. The van der Waals surface area contributed by atoms with Crippen molar-refractivity contribution in [3.63, 3.8) is 0 Å². The Bertz CT molecular complexity index is 331. The fourth-order valence-electron chi connectivity index (χ4n) is 1.44. The number of aryl methyl sites for hydroxylation is 1. The molecule has 0 bridgehead atoms. The zero-order chi connectivity index (χ0) is 9.26. The molecule has 13 heavy (non-hydrogen) atoms. The highest BCUT2D eigenvalue weighted by atomic mass is 16.2. The minimum absolute atomic E-state index is 0.0512. The molecule has 0 atom stereocenters. The van der Waals surface area contributed by atoms with E-state index in [0.717, 1.165) is 25.2 Å².